The van der Waals surface area contributed by atoms with Crippen LogP contribution in [0.5, 0.6) is 5.75 Å². The molecule has 0 radical (unpaired) electrons. The van der Waals surface area contributed by atoms with Gasteiger partial charge in [-0.25, -0.2) is 12.7 Å². The third-order valence-electron chi connectivity index (χ3n) is 3.94. The molecule has 134 valence electrons. The molecule has 2 rings (SSSR count). The lowest BCUT2D eigenvalue weighted by Gasteiger charge is -2.15. The fourth-order valence-corrected chi connectivity index (χ4v) is 3.46. The van der Waals surface area contributed by atoms with Crippen molar-refractivity contribution in [3.8, 4) is 5.75 Å². The number of carbonyl (C=O) groups excluding carboxylic acids is 1. The first kappa shape index (κ1) is 18.7. The first-order valence-corrected chi connectivity index (χ1v) is 9.30. The standard InChI is InChI=1S/C16H24N2O5S/c1-18(2)24(20,21)13-7-8-15(22-3)14(11-13)17-16(19)9-6-12-5-4-10-23-12/h7-8,11-12H,4-6,9-10H2,1-3H3,(H,17,19). The molecule has 1 aromatic rings. The van der Waals surface area contributed by atoms with Crippen molar-refractivity contribution in [2.75, 3.05) is 33.1 Å². The Bertz CT molecular complexity index is 682. The molecule has 0 spiro atoms. The van der Waals surface area contributed by atoms with E-state index in [1.165, 1.54) is 39.4 Å². The summed E-state index contributed by atoms with van der Waals surface area (Å²) in [5.74, 6) is 0.223. The number of nitrogens with one attached hydrogen (secondary N) is 1. The van der Waals surface area contributed by atoms with Crippen LogP contribution in [0.25, 0.3) is 0 Å². The Morgan fingerprint density at radius 2 is 2.17 bits per heavy atom. The van der Waals surface area contributed by atoms with E-state index < -0.39 is 10.0 Å². The Labute approximate surface area is 143 Å². The lowest BCUT2D eigenvalue weighted by atomic mass is 10.1. The van der Waals surface area contributed by atoms with Crippen molar-refractivity contribution < 1.29 is 22.7 Å². The van der Waals surface area contributed by atoms with Crippen LogP contribution in [0.15, 0.2) is 23.1 Å². The van der Waals surface area contributed by atoms with Crippen molar-refractivity contribution in [1.29, 1.82) is 0 Å². The summed E-state index contributed by atoms with van der Waals surface area (Å²) in [6.07, 6.45) is 3.12. The molecule has 1 heterocycles. The summed E-state index contributed by atoms with van der Waals surface area (Å²) in [6.45, 7) is 0.755. The van der Waals surface area contributed by atoms with Crippen LogP contribution < -0.4 is 10.1 Å². The highest BCUT2D eigenvalue weighted by atomic mass is 32.2. The van der Waals surface area contributed by atoms with Crippen LogP contribution in [0.3, 0.4) is 0 Å². The molecule has 1 aromatic carbocycles. The molecule has 1 atom stereocenters. The highest BCUT2D eigenvalue weighted by molar-refractivity contribution is 7.89. The molecule has 1 fully saturated rings. The largest absolute Gasteiger partial charge is 0.495 e. The molecule has 7 nitrogen and oxygen atoms in total. The van der Waals surface area contributed by atoms with E-state index in [9.17, 15) is 13.2 Å². The Kier molecular flexibility index (Phi) is 6.20. The Hall–Kier alpha value is -1.64. The van der Waals surface area contributed by atoms with Crippen molar-refractivity contribution in [3.05, 3.63) is 18.2 Å². The predicted octanol–water partition coefficient (Wildman–Crippen LogP) is 1.84. The summed E-state index contributed by atoms with van der Waals surface area (Å²) in [4.78, 5) is 12.2. The van der Waals surface area contributed by atoms with Crippen LogP contribution in [0.4, 0.5) is 5.69 Å². The van der Waals surface area contributed by atoms with Crippen molar-refractivity contribution in [1.82, 2.24) is 4.31 Å². The number of anilines is 1. The van der Waals surface area contributed by atoms with Gasteiger partial charge in [0.15, 0.2) is 0 Å². The first-order chi connectivity index (χ1) is 11.3. The van der Waals surface area contributed by atoms with Crippen molar-refractivity contribution >= 4 is 21.6 Å². The third kappa shape index (κ3) is 4.46. The molecule has 1 N–H and O–H groups in total. The van der Waals surface area contributed by atoms with Gasteiger partial charge in [-0.3, -0.25) is 4.79 Å². The van der Waals surface area contributed by atoms with E-state index in [4.69, 9.17) is 9.47 Å². The van der Waals surface area contributed by atoms with Gasteiger partial charge >= 0.3 is 0 Å². The minimum atomic E-state index is -3.58. The summed E-state index contributed by atoms with van der Waals surface area (Å²) in [5.41, 5.74) is 0.345. The maximum absolute atomic E-state index is 12.2. The number of hydrogen-bond donors (Lipinski definition) is 1. The maximum Gasteiger partial charge on any atom is 0.242 e. The second kappa shape index (κ2) is 7.96. The smallest absolute Gasteiger partial charge is 0.242 e. The molecule has 1 amide bonds. The summed E-state index contributed by atoms with van der Waals surface area (Å²) >= 11 is 0. The normalized spacial score (nSPS) is 17.9. The maximum atomic E-state index is 12.2. The Balaban J connectivity index is 2.11. The van der Waals surface area contributed by atoms with Crippen LogP contribution in [-0.2, 0) is 19.6 Å². The first-order valence-electron chi connectivity index (χ1n) is 7.86. The van der Waals surface area contributed by atoms with Crippen molar-refractivity contribution in [2.45, 2.75) is 36.7 Å². The van der Waals surface area contributed by atoms with Crippen LogP contribution in [0.1, 0.15) is 25.7 Å². The fraction of sp³-hybridized carbons (Fsp3) is 0.562. The van der Waals surface area contributed by atoms with Gasteiger partial charge in [0.1, 0.15) is 5.75 Å². The second-order valence-electron chi connectivity index (χ2n) is 5.87. The van der Waals surface area contributed by atoms with E-state index in [1.54, 1.807) is 0 Å². The van der Waals surface area contributed by atoms with Gasteiger partial charge in [0.2, 0.25) is 15.9 Å². The van der Waals surface area contributed by atoms with Crippen LogP contribution >= 0.6 is 0 Å². The molecule has 0 aromatic heterocycles. The molecule has 24 heavy (non-hydrogen) atoms. The molecule has 0 aliphatic carbocycles. The third-order valence-corrected chi connectivity index (χ3v) is 5.75. The number of rotatable bonds is 7. The van der Waals surface area contributed by atoms with E-state index in [-0.39, 0.29) is 16.9 Å². The zero-order valence-corrected chi connectivity index (χ0v) is 15.1. The number of amides is 1. The molecule has 1 aliphatic rings. The van der Waals surface area contributed by atoms with E-state index in [0.717, 1.165) is 23.8 Å². The van der Waals surface area contributed by atoms with Gasteiger partial charge in [-0.05, 0) is 37.5 Å². The number of methoxy groups -OCH3 is 1. The Morgan fingerprint density at radius 1 is 1.42 bits per heavy atom. The van der Waals surface area contributed by atoms with Crippen molar-refractivity contribution in [3.63, 3.8) is 0 Å². The van der Waals surface area contributed by atoms with Gasteiger partial charge in [0, 0.05) is 27.1 Å². The predicted molar refractivity (Wildman–Crippen MR) is 90.7 cm³/mol. The number of sulfonamides is 1. The molecule has 1 unspecified atom stereocenters. The van der Waals surface area contributed by atoms with E-state index in [0.29, 0.717) is 24.3 Å². The summed E-state index contributed by atoms with van der Waals surface area (Å²) in [7, 11) is 0.806. The quantitative estimate of drug-likeness (QED) is 0.806. The Morgan fingerprint density at radius 3 is 2.75 bits per heavy atom. The lowest BCUT2D eigenvalue weighted by molar-refractivity contribution is -0.116. The topological polar surface area (TPSA) is 84.9 Å². The van der Waals surface area contributed by atoms with Gasteiger partial charge in [-0.15, -0.1) is 0 Å². The molecular formula is C16H24N2O5S. The molecule has 8 heteroatoms. The summed E-state index contributed by atoms with van der Waals surface area (Å²) in [5, 5.41) is 2.73. The van der Waals surface area contributed by atoms with Gasteiger partial charge in [0.25, 0.3) is 0 Å². The second-order valence-corrected chi connectivity index (χ2v) is 8.02. The van der Waals surface area contributed by atoms with Gasteiger partial charge < -0.3 is 14.8 Å². The number of benzene rings is 1. The number of hydrogen-bond acceptors (Lipinski definition) is 5. The van der Waals surface area contributed by atoms with Gasteiger partial charge in [-0.2, -0.15) is 0 Å². The number of carbonyl (C=O) groups is 1. The van der Waals surface area contributed by atoms with E-state index in [1.807, 2.05) is 0 Å². The molecule has 1 saturated heterocycles. The minimum absolute atomic E-state index is 0.0997. The zero-order chi connectivity index (χ0) is 17.7. The lowest BCUT2D eigenvalue weighted by Crippen LogP contribution is -2.22. The SMILES string of the molecule is COc1ccc(S(=O)(=O)N(C)C)cc1NC(=O)CCC1CCCO1. The van der Waals surface area contributed by atoms with Crippen molar-refractivity contribution in [2.24, 2.45) is 0 Å². The number of nitrogens with zero attached hydrogens (tertiary/aromatic N) is 1. The molecule has 1 aliphatic heterocycles. The minimum Gasteiger partial charge on any atom is -0.495 e. The summed E-state index contributed by atoms with van der Waals surface area (Å²) < 4.78 is 36.3. The number of ether oxygens (including phenoxy) is 2. The van der Waals surface area contributed by atoms with Gasteiger partial charge in [0.05, 0.1) is 23.8 Å². The average Bonchev–Trinajstić information content (AvgIpc) is 3.06. The van der Waals surface area contributed by atoms with Gasteiger partial charge in [-0.1, -0.05) is 0 Å². The molecule has 0 bridgehead atoms. The van der Waals surface area contributed by atoms with Crippen LogP contribution in [0, 0.1) is 0 Å². The average molecular weight is 356 g/mol. The fourth-order valence-electron chi connectivity index (χ4n) is 2.53. The van der Waals surface area contributed by atoms with E-state index in [2.05, 4.69) is 5.32 Å². The molecule has 0 saturated carbocycles. The molecular weight excluding hydrogens is 332 g/mol. The van der Waals surface area contributed by atoms with Crippen LogP contribution in [-0.4, -0.2) is 52.5 Å². The monoisotopic (exact) mass is 356 g/mol. The highest BCUT2D eigenvalue weighted by Crippen LogP contribution is 2.29. The van der Waals surface area contributed by atoms with E-state index >= 15 is 0 Å². The summed E-state index contributed by atoms with van der Waals surface area (Å²) in [6, 6.07) is 4.40. The zero-order valence-electron chi connectivity index (χ0n) is 14.2. The van der Waals surface area contributed by atoms with Crippen LogP contribution in [0.2, 0.25) is 0 Å². The highest BCUT2D eigenvalue weighted by Gasteiger charge is 2.21.